The van der Waals surface area contributed by atoms with Crippen molar-refractivity contribution in [1.82, 2.24) is 0 Å². The highest BCUT2D eigenvalue weighted by Gasteiger charge is 2.59. The van der Waals surface area contributed by atoms with E-state index in [1.807, 2.05) is 0 Å². The van der Waals surface area contributed by atoms with Crippen molar-refractivity contribution in [1.29, 1.82) is 0 Å². The molecule has 162 valence electrons. The summed E-state index contributed by atoms with van der Waals surface area (Å²) in [5, 5.41) is 9.00. The SMILES string of the molecule is O=C(O)c1ccc(N2CCC(c3cc(Cl)cc(Cl)c3)(C(F)(F)F)C2)cc1C(F)(F)F. The van der Waals surface area contributed by atoms with Crippen LogP contribution >= 0.6 is 23.2 Å². The van der Waals surface area contributed by atoms with Gasteiger partial charge in [0.15, 0.2) is 0 Å². The van der Waals surface area contributed by atoms with E-state index >= 15 is 0 Å². The summed E-state index contributed by atoms with van der Waals surface area (Å²) >= 11 is 11.7. The van der Waals surface area contributed by atoms with Gasteiger partial charge in [-0.1, -0.05) is 23.2 Å². The number of carboxylic acid groups (broad SMARTS) is 1. The Morgan fingerprint density at radius 1 is 1.00 bits per heavy atom. The molecule has 30 heavy (non-hydrogen) atoms. The molecule has 0 amide bonds. The van der Waals surface area contributed by atoms with Crippen LogP contribution in [0, 0.1) is 0 Å². The fourth-order valence-electron chi connectivity index (χ4n) is 3.64. The Hall–Kier alpha value is -2.13. The van der Waals surface area contributed by atoms with Crippen LogP contribution in [-0.2, 0) is 11.6 Å². The van der Waals surface area contributed by atoms with Crippen LogP contribution in [0.3, 0.4) is 0 Å². The number of carboxylic acids is 1. The number of anilines is 1. The molecule has 0 aliphatic carbocycles. The van der Waals surface area contributed by atoms with E-state index in [9.17, 15) is 31.1 Å². The first-order chi connectivity index (χ1) is 13.7. The summed E-state index contributed by atoms with van der Waals surface area (Å²) in [7, 11) is 0. The number of nitrogens with zero attached hydrogens (tertiary/aromatic N) is 1. The highest BCUT2D eigenvalue weighted by molar-refractivity contribution is 6.34. The molecule has 0 radical (unpaired) electrons. The molecule has 0 aromatic heterocycles. The van der Waals surface area contributed by atoms with Gasteiger partial charge in [0.25, 0.3) is 0 Å². The third-order valence-electron chi connectivity index (χ3n) is 5.13. The summed E-state index contributed by atoms with van der Waals surface area (Å²) in [6, 6.07) is 5.92. The van der Waals surface area contributed by atoms with Gasteiger partial charge in [-0.3, -0.25) is 0 Å². The van der Waals surface area contributed by atoms with Crippen LogP contribution in [0.25, 0.3) is 0 Å². The van der Waals surface area contributed by atoms with Gasteiger partial charge in [0.05, 0.1) is 11.1 Å². The van der Waals surface area contributed by atoms with Gasteiger partial charge < -0.3 is 10.0 Å². The van der Waals surface area contributed by atoms with Crippen LogP contribution in [0.1, 0.15) is 27.9 Å². The summed E-state index contributed by atoms with van der Waals surface area (Å²) < 4.78 is 82.2. The molecule has 0 spiro atoms. The Balaban J connectivity index is 2.06. The average molecular weight is 472 g/mol. The predicted molar refractivity (Wildman–Crippen MR) is 99.4 cm³/mol. The first-order valence-corrected chi connectivity index (χ1v) is 9.23. The van der Waals surface area contributed by atoms with Crippen molar-refractivity contribution in [2.45, 2.75) is 24.2 Å². The lowest BCUT2D eigenvalue weighted by Crippen LogP contribution is -2.45. The number of hydrogen-bond donors (Lipinski definition) is 1. The lowest BCUT2D eigenvalue weighted by Gasteiger charge is -2.33. The van der Waals surface area contributed by atoms with Crippen LogP contribution < -0.4 is 4.90 Å². The zero-order valence-corrected chi connectivity index (χ0v) is 16.4. The second kappa shape index (κ2) is 7.53. The monoisotopic (exact) mass is 471 g/mol. The number of benzene rings is 2. The van der Waals surface area contributed by atoms with E-state index in [2.05, 4.69) is 0 Å². The van der Waals surface area contributed by atoms with Crippen molar-refractivity contribution in [3.05, 3.63) is 63.1 Å². The molecule has 1 saturated heterocycles. The topological polar surface area (TPSA) is 40.5 Å². The maximum Gasteiger partial charge on any atom is 0.417 e. The molecular weight excluding hydrogens is 459 g/mol. The summed E-state index contributed by atoms with van der Waals surface area (Å²) in [4.78, 5) is 12.2. The van der Waals surface area contributed by atoms with Gasteiger partial charge in [0.2, 0.25) is 0 Å². The molecule has 1 fully saturated rings. The molecule has 3 rings (SSSR count). The number of aromatic carboxylic acids is 1. The van der Waals surface area contributed by atoms with Gasteiger partial charge in [0.1, 0.15) is 5.41 Å². The average Bonchev–Trinajstić information content (AvgIpc) is 3.06. The lowest BCUT2D eigenvalue weighted by atomic mass is 9.79. The molecule has 1 heterocycles. The first kappa shape index (κ1) is 22.6. The molecule has 1 aliphatic heterocycles. The Kier molecular flexibility index (Phi) is 5.66. The molecule has 0 saturated carbocycles. The van der Waals surface area contributed by atoms with E-state index < -0.39 is 47.8 Å². The lowest BCUT2D eigenvalue weighted by molar-refractivity contribution is -0.184. The van der Waals surface area contributed by atoms with Crippen molar-refractivity contribution >= 4 is 34.9 Å². The standard InChI is InChI=1S/C19H13Cl2F6NO2/c20-11-5-10(6-12(21)7-11)17(19(25,26)27)3-4-28(9-17)13-1-2-14(16(29)30)15(8-13)18(22,23)24/h1-2,5-8H,3-4,9H2,(H,29,30). The van der Waals surface area contributed by atoms with Gasteiger partial charge >= 0.3 is 18.3 Å². The summed E-state index contributed by atoms with van der Waals surface area (Å²) in [6.07, 6.45) is -10.1. The normalized spacial score (nSPS) is 19.9. The number of rotatable bonds is 3. The number of halogens is 8. The van der Waals surface area contributed by atoms with E-state index in [4.69, 9.17) is 28.3 Å². The van der Waals surface area contributed by atoms with E-state index in [0.29, 0.717) is 6.07 Å². The highest BCUT2D eigenvalue weighted by atomic mass is 35.5. The summed E-state index contributed by atoms with van der Waals surface area (Å²) in [5.74, 6) is -1.78. The Morgan fingerprint density at radius 3 is 2.10 bits per heavy atom. The number of alkyl halides is 6. The zero-order valence-electron chi connectivity index (χ0n) is 14.9. The molecule has 2 aromatic rings. The minimum absolute atomic E-state index is 0.00439. The van der Waals surface area contributed by atoms with Gasteiger partial charge in [-0.2, -0.15) is 26.3 Å². The summed E-state index contributed by atoms with van der Waals surface area (Å²) in [5.41, 5.74) is -5.15. The number of carbonyl (C=O) groups is 1. The second-order valence-corrected chi connectivity index (χ2v) is 7.82. The molecule has 2 aromatic carbocycles. The fraction of sp³-hybridized carbons (Fsp3) is 0.316. The Morgan fingerprint density at radius 2 is 1.60 bits per heavy atom. The van der Waals surface area contributed by atoms with Gasteiger partial charge in [-0.25, -0.2) is 4.79 Å². The van der Waals surface area contributed by atoms with Crippen LogP contribution in [0.2, 0.25) is 10.0 Å². The minimum Gasteiger partial charge on any atom is -0.478 e. The van der Waals surface area contributed by atoms with Crippen molar-refractivity contribution in [3.8, 4) is 0 Å². The van der Waals surface area contributed by atoms with Crippen LogP contribution in [0.4, 0.5) is 32.0 Å². The van der Waals surface area contributed by atoms with Gasteiger partial charge in [-0.05, 0) is 48.4 Å². The maximum absolute atomic E-state index is 14.1. The van der Waals surface area contributed by atoms with Crippen molar-refractivity contribution in [2.24, 2.45) is 0 Å². The van der Waals surface area contributed by atoms with E-state index in [1.165, 1.54) is 6.07 Å². The van der Waals surface area contributed by atoms with E-state index in [0.717, 1.165) is 29.2 Å². The van der Waals surface area contributed by atoms with Gasteiger partial charge in [-0.15, -0.1) is 0 Å². The van der Waals surface area contributed by atoms with E-state index in [1.54, 1.807) is 0 Å². The molecule has 11 heteroatoms. The Bertz CT molecular complexity index is 972. The third-order valence-corrected chi connectivity index (χ3v) is 5.57. The van der Waals surface area contributed by atoms with Crippen molar-refractivity contribution in [3.63, 3.8) is 0 Å². The van der Waals surface area contributed by atoms with Crippen LogP contribution in [0.15, 0.2) is 36.4 Å². The summed E-state index contributed by atoms with van der Waals surface area (Å²) in [6.45, 7) is -0.871. The minimum atomic E-state index is -4.98. The van der Waals surface area contributed by atoms with Crippen LogP contribution in [-0.4, -0.2) is 30.3 Å². The van der Waals surface area contributed by atoms with Gasteiger partial charge in [0, 0.05) is 28.8 Å². The van der Waals surface area contributed by atoms with Crippen molar-refractivity contribution in [2.75, 3.05) is 18.0 Å². The Labute approximate surface area is 176 Å². The molecule has 0 bridgehead atoms. The quantitative estimate of drug-likeness (QED) is 0.525. The second-order valence-electron chi connectivity index (χ2n) is 6.94. The number of hydrogen-bond acceptors (Lipinski definition) is 2. The fourth-order valence-corrected chi connectivity index (χ4v) is 4.17. The predicted octanol–water partition coefficient (Wildman–Crippen LogP) is 6.42. The maximum atomic E-state index is 14.1. The molecule has 3 nitrogen and oxygen atoms in total. The third kappa shape index (κ3) is 4.05. The largest absolute Gasteiger partial charge is 0.478 e. The van der Waals surface area contributed by atoms with Crippen LogP contribution in [0.5, 0.6) is 0 Å². The smallest absolute Gasteiger partial charge is 0.417 e. The molecular formula is C19H13Cl2F6NO2. The highest BCUT2D eigenvalue weighted by Crippen LogP contribution is 2.50. The molecule has 1 unspecified atom stereocenters. The van der Waals surface area contributed by atoms with E-state index in [-0.39, 0.29) is 27.8 Å². The molecule has 1 N–H and O–H groups in total. The van der Waals surface area contributed by atoms with Crippen molar-refractivity contribution < 1.29 is 36.2 Å². The molecule has 1 atom stereocenters. The molecule has 1 aliphatic rings. The zero-order chi connectivity index (χ0) is 22.5. The first-order valence-electron chi connectivity index (χ1n) is 8.47.